The molecule has 0 aliphatic rings. The summed E-state index contributed by atoms with van der Waals surface area (Å²) in [7, 11) is 0. The van der Waals surface area contributed by atoms with Gasteiger partial charge in [0.05, 0.1) is 0 Å². The fraction of sp³-hybridized carbons (Fsp3) is 0.588. The molecule has 1 amide bonds. The molecule has 2 atom stereocenters. The molecule has 2 N–H and O–H groups in total. The largest absolute Gasteiger partial charge is 0.444 e. The molecule has 0 radical (unpaired) electrons. The van der Waals surface area contributed by atoms with Crippen molar-refractivity contribution in [3.05, 3.63) is 34.9 Å². The smallest absolute Gasteiger partial charge is 0.407 e. The van der Waals surface area contributed by atoms with E-state index >= 15 is 0 Å². The summed E-state index contributed by atoms with van der Waals surface area (Å²) < 4.78 is 5.28. The minimum atomic E-state index is -0.485. The summed E-state index contributed by atoms with van der Waals surface area (Å²) in [5.74, 6) is 0. The van der Waals surface area contributed by atoms with E-state index in [2.05, 4.69) is 17.6 Å². The Morgan fingerprint density at radius 2 is 1.95 bits per heavy atom. The minimum Gasteiger partial charge on any atom is -0.444 e. The number of benzene rings is 1. The lowest BCUT2D eigenvalue weighted by Gasteiger charge is -2.24. The van der Waals surface area contributed by atoms with Crippen LogP contribution in [0, 0.1) is 0 Å². The Morgan fingerprint density at radius 1 is 1.32 bits per heavy atom. The molecule has 0 aliphatic carbocycles. The van der Waals surface area contributed by atoms with Crippen LogP contribution in [0.2, 0.25) is 5.02 Å². The molecule has 22 heavy (non-hydrogen) atoms. The predicted octanol–water partition coefficient (Wildman–Crippen LogP) is 4.29. The zero-order chi connectivity index (χ0) is 16.8. The lowest BCUT2D eigenvalue weighted by molar-refractivity contribution is 0.0502. The van der Waals surface area contributed by atoms with Gasteiger partial charge < -0.3 is 15.4 Å². The van der Waals surface area contributed by atoms with Gasteiger partial charge in [0.15, 0.2) is 0 Å². The Bertz CT molecular complexity index is 486. The topological polar surface area (TPSA) is 50.4 Å². The molecule has 0 heterocycles. The van der Waals surface area contributed by atoms with Crippen LogP contribution in [-0.2, 0) is 4.74 Å². The standard InChI is InChI=1S/C17H27ClN2O2/c1-6-13(20-16(21)22-17(3,4)5)11-19-12(2)14-9-7-8-10-15(14)18/h7-10,12-13,19H,6,11H2,1-5H3,(H,20,21). The van der Waals surface area contributed by atoms with E-state index in [0.29, 0.717) is 6.54 Å². The number of alkyl carbamates (subject to hydrolysis) is 1. The highest BCUT2D eigenvalue weighted by atomic mass is 35.5. The molecular weight excluding hydrogens is 300 g/mol. The zero-order valence-corrected chi connectivity index (χ0v) is 14.8. The fourth-order valence-electron chi connectivity index (χ4n) is 2.03. The first-order chi connectivity index (χ1) is 10.2. The summed E-state index contributed by atoms with van der Waals surface area (Å²) in [5, 5.41) is 7.04. The molecule has 1 rings (SSSR count). The van der Waals surface area contributed by atoms with Crippen LogP contribution in [0.3, 0.4) is 0 Å². The lowest BCUT2D eigenvalue weighted by atomic mass is 10.1. The molecule has 5 heteroatoms. The quantitative estimate of drug-likeness (QED) is 0.819. The van der Waals surface area contributed by atoms with Crippen molar-refractivity contribution in [2.75, 3.05) is 6.54 Å². The average Bonchev–Trinajstić information content (AvgIpc) is 2.41. The van der Waals surface area contributed by atoms with Crippen molar-refractivity contribution in [1.82, 2.24) is 10.6 Å². The zero-order valence-electron chi connectivity index (χ0n) is 14.1. The second-order valence-corrected chi connectivity index (χ2v) is 6.81. The van der Waals surface area contributed by atoms with Gasteiger partial charge in [-0.15, -0.1) is 0 Å². The second-order valence-electron chi connectivity index (χ2n) is 6.40. The van der Waals surface area contributed by atoms with Crippen molar-refractivity contribution in [2.24, 2.45) is 0 Å². The maximum Gasteiger partial charge on any atom is 0.407 e. The maximum absolute atomic E-state index is 11.8. The number of ether oxygens (including phenoxy) is 1. The van der Waals surface area contributed by atoms with Gasteiger partial charge in [0, 0.05) is 23.7 Å². The molecule has 0 bridgehead atoms. The minimum absolute atomic E-state index is 0.0137. The Morgan fingerprint density at radius 3 is 2.50 bits per heavy atom. The van der Waals surface area contributed by atoms with Gasteiger partial charge in [0.2, 0.25) is 0 Å². The van der Waals surface area contributed by atoms with Crippen LogP contribution < -0.4 is 10.6 Å². The summed E-state index contributed by atoms with van der Waals surface area (Å²) >= 11 is 6.20. The van der Waals surface area contributed by atoms with E-state index in [1.807, 2.05) is 52.0 Å². The first kappa shape index (κ1) is 18.8. The van der Waals surface area contributed by atoms with Crippen molar-refractivity contribution in [3.8, 4) is 0 Å². The number of halogens is 1. The van der Waals surface area contributed by atoms with E-state index in [-0.39, 0.29) is 18.2 Å². The molecular formula is C17H27ClN2O2. The third kappa shape index (κ3) is 6.67. The summed E-state index contributed by atoms with van der Waals surface area (Å²) in [6.07, 6.45) is 0.438. The SMILES string of the molecule is CCC(CNC(C)c1ccccc1Cl)NC(=O)OC(C)(C)C. The Labute approximate surface area is 138 Å². The molecule has 0 aliphatic heterocycles. The first-order valence-electron chi connectivity index (χ1n) is 7.70. The predicted molar refractivity (Wildman–Crippen MR) is 91.3 cm³/mol. The van der Waals surface area contributed by atoms with Gasteiger partial charge in [-0.1, -0.05) is 36.7 Å². The molecule has 0 aromatic heterocycles. The van der Waals surface area contributed by atoms with Crippen LogP contribution >= 0.6 is 11.6 Å². The summed E-state index contributed by atoms with van der Waals surface area (Å²) in [5.41, 5.74) is 0.567. The summed E-state index contributed by atoms with van der Waals surface area (Å²) in [6.45, 7) is 10.3. The van der Waals surface area contributed by atoms with Gasteiger partial charge >= 0.3 is 6.09 Å². The van der Waals surface area contributed by atoms with Crippen molar-refractivity contribution < 1.29 is 9.53 Å². The third-order valence-electron chi connectivity index (χ3n) is 3.26. The molecule has 0 saturated heterocycles. The van der Waals surface area contributed by atoms with Gasteiger partial charge in [-0.2, -0.15) is 0 Å². The number of hydrogen-bond donors (Lipinski definition) is 2. The normalized spacial score (nSPS) is 14.3. The monoisotopic (exact) mass is 326 g/mol. The third-order valence-corrected chi connectivity index (χ3v) is 3.60. The number of hydrogen-bond acceptors (Lipinski definition) is 3. The van der Waals surface area contributed by atoms with Gasteiger partial charge in [0.25, 0.3) is 0 Å². The second kappa shape index (κ2) is 8.39. The van der Waals surface area contributed by atoms with Crippen LogP contribution in [0.15, 0.2) is 24.3 Å². The molecule has 124 valence electrons. The number of nitrogens with one attached hydrogen (secondary N) is 2. The van der Waals surface area contributed by atoms with Crippen LogP contribution in [0.1, 0.15) is 52.6 Å². The molecule has 1 aromatic carbocycles. The highest BCUT2D eigenvalue weighted by molar-refractivity contribution is 6.31. The number of carbonyl (C=O) groups is 1. The highest BCUT2D eigenvalue weighted by Crippen LogP contribution is 2.22. The molecule has 1 aromatic rings. The van der Waals surface area contributed by atoms with Crippen LogP contribution in [0.25, 0.3) is 0 Å². The Balaban J connectivity index is 2.50. The van der Waals surface area contributed by atoms with Gasteiger partial charge in [-0.05, 0) is 45.7 Å². The number of rotatable bonds is 6. The first-order valence-corrected chi connectivity index (χ1v) is 8.08. The molecule has 0 fully saturated rings. The Hall–Kier alpha value is -1.26. The van der Waals surface area contributed by atoms with E-state index in [9.17, 15) is 4.79 Å². The van der Waals surface area contributed by atoms with Crippen LogP contribution in [0.5, 0.6) is 0 Å². The lowest BCUT2D eigenvalue weighted by Crippen LogP contribution is -2.44. The van der Waals surface area contributed by atoms with Crippen molar-refractivity contribution in [3.63, 3.8) is 0 Å². The van der Waals surface area contributed by atoms with Crippen molar-refractivity contribution in [2.45, 2.75) is 58.7 Å². The Kier molecular flexibility index (Phi) is 7.17. The van der Waals surface area contributed by atoms with Gasteiger partial charge in [-0.3, -0.25) is 0 Å². The van der Waals surface area contributed by atoms with Gasteiger partial charge in [0.1, 0.15) is 5.60 Å². The van der Waals surface area contributed by atoms with E-state index < -0.39 is 5.60 Å². The summed E-state index contributed by atoms with van der Waals surface area (Å²) in [4.78, 5) is 11.8. The van der Waals surface area contributed by atoms with Crippen LogP contribution in [0.4, 0.5) is 4.79 Å². The molecule has 4 nitrogen and oxygen atoms in total. The molecule has 0 saturated carbocycles. The van der Waals surface area contributed by atoms with E-state index in [4.69, 9.17) is 16.3 Å². The maximum atomic E-state index is 11.8. The summed E-state index contributed by atoms with van der Waals surface area (Å²) in [6, 6.07) is 7.89. The van der Waals surface area contributed by atoms with Gasteiger partial charge in [-0.25, -0.2) is 4.79 Å². The number of amides is 1. The van der Waals surface area contributed by atoms with E-state index in [1.54, 1.807) is 0 Å². The van der Waals surface area contributed by atoms with Crippen molar-refractivity contribution >= 4 is 17.7 Å². The van der Waals surface area contributed by atoms with Crippen LogP contribution in [-0.4, -0.2) is 24.3 Å². The molecule has 2 unspecified atom stereocenters. The fourth-order valence-corrected chi connectivity index (χ4v) is 2.33. The average molecular weight is 327 g/mol. The van der Waals surface area contributed by atoms with E-state index in [1.165, 1.54) is 0 Å². The highest BCUT2D eigenvalue weighted by Gasteiger charge is 2.19. The molecule has 0 spiro atoms. The number of carbonyl (C=O) groups excluding carboxylic acids is 1. The van der Waals surface area contributed by atoms with Crippen molar-refractivity contribution in [1.29, 1.82) is 0 Å². The van der Waals surface area contributed by atoms with E-state index in [0.717, 1.165) is 17.0 Å².